The largest absolute Gasteiger partial charge is 0.346 e. The van der Waals surface area contributed by atoms with Crippen LogP contribution in [0.4, 0.5) is 10.2 Å². The summed E-state index contributed by atoms with van der Waals surface area (Å²) in [6.07, 6.45) is 4.86. The molecule has 0 spiro atoms. The molecule has 2 saturated heterocycles. The highest BCUT2D eigenvalue weighted by Gasteiger charge is 2.47. The van der Waals surface area contributed by atoms with E-state index in [1.165, 1.54) is 0 Å². The van der Waals surface area contributed by atoms with Gasteiger partial charge < -0.3 is 15.6 Å². The number of anilines is 1. The highest BCUT2D eigenvalue weighted by molar-refractivity contribution is 6.43. The molecule has 2 fully saturated rings. The van der Waals surface area contributed by atoms with Gasteiger partial charge in [-0.3, -0.25) is 4.68 Å². The Morgan fingerprint density at radius 1 is 1.23 bits per heavy atom. The van der Waals surface area contributed by atoms with Crippen LogP contribution in [0.2, 0.25) is 10.2 Å². The summed E-state index contributed by atoms with van der Waals surface area (Å²) in [6.45, 7) is 0. The summed E-state index contributed by atoms with van der Waals surface area (Å²) in [5.74, 6) is 0.680. The van der Waals surface area contributed by atoms with Crippen LogP contribution in [0.3, 0.4) is 0 Å². The maximum atomic E-state index is 14.7. The fourth-order valence-corrected chi connectivity index (χ4v) is 5.81. The maximum Gasteiger partial charge on any atom is 0.159 e. The Kier molecular flexibility index (Phi) is 4.22. The van der Waals surface area contributed by atoms with Crippen molar-refractivity contribution >= 4 is 51.1 Å². The van der Waals surface area contributed by atoms with Gasteiger partial charge in [-0.05, 0) is 25.3 Å². The van der Waals surface area contributed by atoms with Crippen LogP contribution in [0, 0.1) is 0 Å². The summed E-state index contributed by atoms with van der Waals surface area (Å²) in [5.41, 5.74) is 9.67. The first kappa shape index (κ1) is 19.3. The van der Waals surface area contributed by atoms with Crippen LogP contribution in [0.5, 0.6) is 0 Å². The number of aromatic amines is 1. The molecule has 2 aliphatic heterocycles. The van der Waals surface area contributed by atoms with Crippen LogP contribution in [-0.2, 0) is 7.05 Å². The Balaban J connectivity index is 1.43. The lowest BCUT2D eigenvalue weighted by Crippen LogP contribution is -2.55. The second-order valence-corrected chi connectivity index (χ2v) is 9.15. The Morgan fingerprint density at radius 3 is 2.90 bits per heavy atom. The number of nitrogens with two attached hydrogens (primary N) is 1. The number of alkyl halides is 1. The third-order valence-electron chi connectivity index (χ3n) is 6.66. The van der Waals surface area contributed by atoms with Gasteiger partial charge in [0.25, 0.3) is 0 Å². The number of H-pyrrole nitrogens is 1. The molecule has 0 amide bonds. The van der Waals surface area contributed by atoms with E-state index in [4.69, 9.17) is 33.9 Å². The van der Waals surface area contributed by atoms with E-state index in [-0.39, 0.29) is 12.1 Å². The van der Waals surface area contributed by atoms with Crippen molar-refractivity contribution in [2.45, 2.75) is 43.6 Å². The zero-order chi connectivity index (χ0) is 21.4. The Labute approximate surface area is 187 Å². The van der Waals surface area contributed by atoms with E-state index >= 15 is 0 Å². The second-order valence-electron chi connectivity index (χ2n) is 8.41. The first-order chi connectivity index (χ1) is 14.9. The lowest BCUT2D eigenvalue weighted by molar-refractivity contribution is 0.203. The molecule has 0 saturated carbocycles. The summed E-state index contributed by atoms with van der Waals surface area (Å²) in [5, 5.41) is 6.08. The minimum atomic E-state index is -1.05. The first-order valence-electron chi connectivity index (χ1n) is 10.3. The van der Waals surface area contributed by atoms with Crippen LogP contribution in [0.1, 0.15) is 19.3 Å². The fraction of sp³-hybridized carbons (Fsp3) is 0.381. The van der Waals surface area contributed by atoms with Crippen molar-refractivity contribution in [1.82, 2.24) is 24.7 Å². The van der Waals surface area contributed by atoms with Gasteiger partial charge >= 0.3 is 0 Å². The highest BCUT2D eigenvalue weighted by Crippen LogP contribution is 2.42. The lowest BCUT2D eigenvalue weighted by Gasteiger charge is -2.40. The van der Waals surface area contributed by atoms with Gasteiger partial charge in [0.05, 0.1) is 28.2 Å². The summed E-state index contributed by atoms with van der Waals surface area (Å²) in [7, 11) is 1.78. The minimum Gasteiger partial charge on any atom is -0.346 e. The molecule has 6 rings (SSSR count). The number of hydrogen-bond acceptors (Lipinski definition) is 5. The summed E-state index contributed by atoms with van der Waals surface area (Å²) in [6, 6.07) is 3.36. The van der Waals surface area contributed by atoms with Crippen LogP contribution < -0.4 is 10.6 Å². The number of rotatable bonds is 2. The maximum absolute atomic E-state index is 14.7. The van der Waals surface area contributed by atoms with Gasteiger partial charge in [0.2, 0.25) is 0 Å². The molecule has 0 aliphatic carbocycles. The SMILES string of the molecule is Cn1nc2ccc(-c3c[nH]c4nc(N5[C@H]6CC[C@@H]5[C@@H](F)[C@@H](N)C6)cnc34)c(Cl)c2c1Cl. The molecule has 160 valence electrons. The summed E-state index contributed by atoms with van der Waals surface area (Å²) < 4.78 is 16.3. The van der Waals surface area contributed by atoms with Gasteiger partial charge in [-0.1, -0.05) is 29.3 Å². The molecule has 3 N–H and O–H groups in total. The van der Waals surface area contributed by atoms with Crippen molar-refractivity contribution in [2.24, 2.45) is 12.8 Å². The van der Waals surface area contributed by atoms with Gasteiger partial charge in [0.1, 0.15) is 22.7 Å². The Morgan fingerprint density at radius 2 is 2.06 bits per heavy atom. The van der Waals surface area contributed by atoms with Crippen molar-refractivity contribution in [1.29, 1.82) is 0 Å². The molecule has 7 nitrogen and oxygen atoms in total. The molecule has 5 heterocycles. The monoisotopic (exact) mass is 459 g/mol. The number of fused-ring (bicyclic) bond motifs is 4. The van der Waals surface area contributed by atoms with Crippen LogP contribution in [-0.4, -0.2) is 49.0 Å². The van der Waals surface area contributed by atoms with Crippen molar-refractivity contribution in [2.75, 3.05) is 4.90 Å². The summed E-state index contributed by atoms with van der Waals surface area (Å²) in [4.78, 5) is 14.7. The number of benzene rings is 1. The smallest absolute Gasteiger partial charge is 0.159 e. The van der Waals surface area contributed by atoms with Gasteiger partial charge in [-0.15, -0.1) is 0 Å². The van der Waals surface area contributed by atoms with Crippen molar-refractivity contribution in [3.05, 3.63) is 34.7 Å². The van der Waals surface area contributed by atoms with Crippen molar-refractivity contribution < 1.29 is 4.39 Å². The molecule has 4 atom stereocenters. The topological polar surface area (TPSA) is 88.7 Å². The average Bonchev–Trinajstić information content (AvgIpc) is 3.41. The molecule has 31 heavy (non-hydrogen) atoms. The van der Waals surface area contributed by atoms with E-state index in [0.717, 1.165) is 29.5 Å². The van der Waals surface area contributed by atoms with E-state index in [9.17, 15) is 4.39 Å². The summed E-state index contributed by atoms with van der Waals surface area (Å²) >= 11 is 13.1. The Hall–Kier alpha value is -2.42. The number of nitrogens with zero attached hydrogens (tertiary/aromatic N) is 5. The number of aromatic nitrogens is 5. The average molecular weight is 460 g/mol. The Bertz CT molecular complexity index is 1330. The van der Waals surface area contributed by atoms with Crippen LogP contribution in [0.15, 0.2) is 24.5 Å². The van der Waals surface area contributed by atoms with Gasteiger partial charge in [0.15, 0.2) is 5.65 Å². The zero-order valence-electron chi connectivity index (χ0n) is 16.7. The van der Waals surface area contributed by atoms with Crippen LogP contribution >= 0.6 is 23.2 Å². The van der Waals surface area contributed by atoms with Crippen molar-refractivity contribution in [3.63, 3.8) is 0 Å². The molecule has 2 bridgehead atoms. The van der Waals surface area contributed by atoms with E-state index < -0.39 is 12.2 Å². The quantitative estimate of drug-likeness (QED) is 0.468. The van der Waals surface area contributed by atoms with E-state index in [2.05, 4.69) is 20.0 Å². The zero-order valence-corrected chi connectivity index (χ0v) is 18.2. The van der Waals surface area contributed by atoms with Gasteiger partial charge in [-0.25, -0.2) is 14.4 Å². The molecule has 4 aromatic rings. The number of aryl methyl sites for hydroxylation is 1. The third kappa shape index (κ3) is 2.71. The number of halogens is 3. The molecular weight excluding hydrogens is 440 g/mol. The third-order valence-corrected chi connectivity index (χ3v) is 7.48. The molecular formula is C21H20Cl2FN7. The molecule has 0 unspecified atom stereocenters. The van der Waals surface area contributed by atoms with E-state index in [1.807, 2.05) is 18.3 Å². The number of hydrogen-bond donors (Lipinski definition) is 2. The van der Waals surface area contributed by atoms with Gasteiger partial charge in [-0.2, -0.15) is 5.10 Å². The standard InChI is InChI=1S/C21H20Cl2FN7/c1-30-20(23)16-13(29-30)4-3-10(17(16)22)11-7-27-21-19(11)26-8-15(28-21)31-9-2-5-14(31)18(24)12(25)6-9/h3-4,7-9,12,14,18H,2,5-6,25H2,1H3,(H,27,28)/t9-,12-,14+,18-/m0/s1. The van der Waals surface area contributed by atoms with Gasteiger partial charge in [0, 0.05) is 36.5 Å². The minimum absolute atomic E-state index is 0.206. The molecule has 3 aromatic heterocycles. The second kappa shape index (κ2) is 6.79. The van der Waals surface area contributed by atoms with E-state index in [0.29, 0.717) is 39.0 Å². The number of piperidine rings is 1. The highest BCUT2D eigenvalue weighted by atomic mass is 35.5. The predicted molar refractivity (Wildman–Crippen MR) is 120 cm³/mol. The normalized spacial score (nSPS) is 25.8. The van der Waals surface area contributed by atoms with Crippen molar-refractivity contribution in [3.8, 4) is 11.1 Å². The molecule has 0 radical (unpaired) electrons. The number of nitrogens with one attached hydrogen (secondary N) is 1. The first-order valence-corrected chi connectivity index (χ1v) is 11.0. The van der Waals surface area contributed by atoms with Crippen LogP contribution in [0.25, 0.3) is 33.2 Å². The molecule has 2 aliphatic rings. The predicted octanol–water partition coefficient (Wildman–Crippen LogP) is 4.22. The van der Waals surface area contributed by atoms with E-state index in [1.54, 1.807) is 17.9 Å². The lowest BCUT2D eigenvalue weighted by atomic mass is 9.96. The fourth-order valence-electron chi connectivity index (χ4n) is 5.18. The molecule has 1 aromatic carbocycles. The molecule has 10 heteroatoms.